The second kappa shape index (κ2) is 7.37. The maximum atomic E-state index is 12.3. The Hall–Kier alpha value is -1.93. The van der Waals surface area contributed by atoms with Gasteiger partial charge >= 0.3 is 5.97 Å². The smallest absolute Gasteiger partial charge is 0.338 e. The lowest BCUT2D eigenvalue weighted by molar-refractivity contribution is -0.125. The second-order valence-corrected chi connectivity index (χ2v) is 6.50. The van der Waals surface area contributed by atoms with Gasteiger partial charge in [-0.25, -0.2) is 13.2 Å². The van der Waals surface area contributed by atoms with E-state index in [0.29, 0.717) is 13.1 Å². The van der Waals surface area contributed by atoms with Gasteiger partial charge in [0.05, 0.1) is 10.5 Å². The van der Waals surface area contributed by atoms with Crippen LogP contribution in [-0.4, -0.2) is 43.8 Å². The van der Waals surface area contributed by atoms with E-state index in [1.54, 1.807) is 13.8 Å². The largest absolute Gasteiger partial charge is 0.449 e. The molecule has 0 unspecified atom stereocenters. The van der Waals surface area contributed by atoms with E-state index in [0.717, 1.165) is 0 Å². The highest BCUT2D eigenvalue weighted by Crippen LogP contribution is 2.16. The van der Waals surface area contributed by atoms with E-state index in [4.69, 9.17) is 10.5 Å². The lowest BCUT2D eigenvalue weighted by Crippen LogP contribution is -2.31. The molecule has 1 aromatic carbocycles. The number of carbonyl (C=O) groups excluding carboxylic acids is 2. The molecule has 1 aromatic rings. The third-order valence-electron chi connectivity index (χ3n) is 3.12. The summed E-state index contributed by atoms with van der Waals surface area (Å²) in [5.41, 5.74) is 5.15. The van der Waals surface area contributed by atoms with Gasteiger partial charge in [-0.15, -0.1) is 0 Å². The summed E-state index contributed by atoms with van der Waals surface area (Å²) in [6, 6.07) is 5.34. The molecule has 0 aromatic heterocycles. The van der Waals surface area contributed by atoms with Crippen LogP contribution in [0.25, 0.3) is 0 Å². The third-order valence-corrected chi connectivity index (χ3v) is 5.18. The van der Waals surface area contributed by atoms with Gasteiger partial charge in [0.25, 0.3) is 5.91 Å². The first-order valence-electron chi connectivity index (χ1n) is 6.84. The van der Waals surface area contributed by atoms with Gasteiger partial charge in [0.1, 0.15) is 0 Å². The van der Waals surface area contributed by atoms with Gasteiger partial charge in [-0.1, -0.05) is 13.8 Å². The molecule has 0 heterocycles. The zero-order valence-corrected chi connectivity index (χ0v) is 13.6. The van der Waals surface area contributed by atoms with Gasteiger partial charge in [-0.05, 0) is 31.2 Å². The van der Waals surface area contributed by atoms with Crippen molar-refractivity contribution in [2.45, 2.75) is 31.8 Å². The summed E-state index contributed by atoms with van der Waals surface area (Å²) in [4.78, 5) is 22.7. The van der Waals surface area contributed by atoms with Crippen molar-refractivity contribution in [2.75, 3.05) is 13.1 Å². The summed E-state index contributed by atoms with van der Waals surface area (Å²) in [6.07, 6.45) is -1.05. The van der Waals surface area contributed by atoms with Crippen LogP contribution >= 0.6 is 0 Å². The van der Waals surface area contributed by atoms with E-state index < -0.39 is 28.0 Å². The fourth-order valence-corrected chi connectivity index (χ4v) is 3.22. The average molecular weight is 328 g/mol. The Morgan fingerprint density at radius 1 is 1.18 bits per heavy atom. The average Bonchev–Trinajstić information content (AvgIpc) is 2.48. The predicted octanol–water partition coefficient (Wildman–Crippen LogP) is 0.748. The second-order valence-electron chi connectivity index (χ2n) is 4.56. The number of hydrogen-bond donors (Lipinski definition) is 1. The van der Waals surface area contributed by atoms with E-state index in [1.807, 2.05) is 0 Å². The number of ether oxygens (including phenoxy) is 1. The quantitative estimate of drug-likeness (QED) is 0.743. The fourth-order valence-electron chi connectivity index (χ4n) is 1.76. The molecule has 22 heavy (non-hydrogen) atoms. The van der Waals surface area contributed by atoms with Crippen LogP contribution in [-0.2, 0) is 19.6 Å². The van der Waals surface area contributed by atoms with Gasteiger partial charge in [0.2, 0.25) is 10.0 Å². The molecule has 2 N–H and O–H groups in total. The van der Waals surface area contributed by atoms with E-state index in [2.05, 4.69) is 0 Å². The standard InChI is InChI=1S/C14H20N2O5S/c1-4-16(5-2)22(19,20)12-8-6-11(7-9-12)14(18)21-10(3)13(15)17/h6-10H,4-5H2,1-3H3,(H2,15,17)/t10-/m1/s1. The van der Waals surface area contributed by atoms with E-state index in [9.17, 15) is 18.0 Å². The van der Waals surface area contributed by atoms with Gasteiger partial charge in [0, 0.05) is 13.1 Å². The van der Waals surface area contributed by atoms with Crippen LogP contribution in [0.15, 0.2) is 29.2 Å². The van der Waals surface area contributed by atoms with Gasteiger partial charge < -0.3 is 10.5 Å². The van der Waals surface area contributed by atoms with Crippen molar-refractivity contribution >= 4 is 21.9 Å². The van der Waals surface area contributed by atoms with Crippen molar-refractivity contribution in [3.8, 4) is 0 Å². The maximum Gasteiger partial charge on any atom is 0.338 e. The van der Waals surface area contributed by atoms with Crippen LogP contribution in [0, 0.1) is 0 Å². The highest BCUT2D eigenvalue weighted by atomic mass is 32.2. The number of amides is 1. The number of nitrogens with zero attached hydrogens (tertiary/aromatic N) is 1. The molecule has 0 radical (unpaired) electrons. The summed E-state index contributed by atoms with van der Waals surface area (Å²) in [5, 5.41) is 0. The van der Waals surface area contributed by atoms with Crippen molar-refractivity contribution in [1.82, 2.24) is 4.31 Å². The Kier molecular flexibility index (Phi) is 6.07. The summed E-state index contributed by atoms with van der Waals surface area (Å²) in [5.74, 6) is -1.49. The number of sulfonamides is 1. The van der Waals surface area contributed by atoms with E-state index in [-0.39, 0.29) is 10.5 Å². The minimum absolute atomic E-state index is 0.0932. The Balaban J connectivity index is 2.96. The number of primary amides is 1. The molecular formula is C14H20N2O5S. The number of hydrogen-bond acceptors (Lipinski definition) is 5. The third kappa shape index (κ3) is 4.05. The first kappa shape index (κ1) is 18.1. The molecule has 0 aliphatic heterocycles. The zero-order chi connectivity index (χ0) is 16.9. The van der Waals surface area contributed by atoms with Gasteiger partial charge in [-0.3, -0.25) is 4.79 Å². The molecule has 1 atom stereocenters. The molecule has 8 heteroatoms. The van der Waals surface area contributed by atoms with Crippen LogP contribution in [0.5, 0.6) is 0 Å². The number of nitrogens with two attached hydrogens (primary N) is 1. The maximum absolute atomic E-state index is 12.3. The van der Waals surface area contributed by atoms with Crippen molar-refractivity contribution in [2.24, 2.45) is 5.73 Å². The predicted molar refractivity (Wildman–Crippen MR) is 80.6 cm³/mol. The van der Waals surface area contributed by atoms with Gasteiger partial charge in [-0.2, -0.15) is 4.31 Å². The molecule has 0 aliphatic carbocycles. The molecule has 1 rings (SSSR count). The molecule has 1 amide bonds. The normalized spacial score (nSPS) is 12.9. The summed E-state index contributed by atoms with van der Waals surface area (Å²) in [7, 11) is -3.57. The lowest BCUT2D eigenvalue weighted by Gasteiger charge is -2.18. The first-order valence-corrected chi connectivity index (χ1v) is 8.28. The molecule has 7 nitrogen and oxygen atoms in total. The van der Waals surface area contributed by atoms with E-state index >= 15 is 0 Å². The summed E-state index contributed by atoms with van der Waals surface area (Å²) >= 11 is 0. The minimum atomic E-state index is -3.57. The fraction of sp³-hybridized carbons (Fsp3) is 0.429. The van der Waals surface area contributed by atoms with Crippen LogP contribution < -0.4 is 5.73 Å². The van der Waals surface area contributed by atoms with Crippen LogP contribution in [0.1, 0.15) is 31.1 Å². The molecule has 0 aliphatic rings. The van der Waals surface area contributed by atoms with Crippen LogP contribution in [0.4, 0.5) is 0 Å². The molecule has 122 valence electrons. The molecule has 0 bridgehead atoms. The van der Waals surface area contributed by atoms with E-state index in [1.165, 1.54) is 35.5 Å². The van der Waals surface area contributed by atoms with Crippen molar-refractivity contribution in [1.29, 1.82) is 0 Å². The highest BCUT2D eigenvalue weighted by molar-refractivity contribution is 7.89. The van der Waals surface area contributed by atoms with Crippen LogP contribution in [0.2, 0.25) is 0 Å². The number of benzene rings is 1. The van der Waals surface area contributed by atoms with Crippen molar-refractivity contribution in [3.05, 3.63) is 29.8 Å². The van der Waals surface area contributed by atoms with Crippen molar-refractivity contribution < 1.29 is 22.7 Å². The Morgan fingerprint density at radius 2 is 1.68 bits per heavy atom. The first-order chi connectivity index (χ1) is 10.2. The number of carbonyl (C=O) groups is 2. The molecule has 0 spiro atoms. The molecular weight excluding hydrogens is 308 g/mol. The summed E-state index contributed by atoms with van der Waals surface area (Å²) < 4.78 is 30.7. The topological polar surface area (TPSA) is 107 Å². The van der Waals surface area contributed by atoms with Gasteiger partial charge in [0.15, 0.2) is 6.10 Å². The summed E-state index contributed by atoms with van der Waals surface area (Å²) in [6.45, 7) is 5.58. The lowest BCUT2D eigenvalue weighted by atomic mass is 10.2. The Morgan fingerprint density at radius 3 is 2.09 bits per heavy atom. The van der Waals surface area contributed by atoms with Crippen LogP contribution in [0.3, 0.4) is 0 Å². The SMILES string of the molecule is CCN(CC)S(=O)(=O)c1ccc(C(=O)O[C@H](C)C(N)=O)cc1. The molecule has 0 saturated carbocycles. The number of rotatable bonds is 7. The zero-order valence-electron chi connectivity index (χ0n) is 12.8. The molecule has 0 saturated heterocycles. The Labute approximate surface area is 130 Å². The minimum Gasteiger partial charge on any atom is -0.449 e. The van der Waals surface area contributed by atoms with Crippen molar-refractivity contribution in [3.63, 3.8) is 0 Å². The highest BCUT2D eigenvalue weighted by Gasteiger charge is 2.22. The number of esters is 1. The molecule has 0 fully saturated rings. The monoisotopic (exact) mass is 328 g/mol. The Bertz CT molecular complexity index is 636.